The molecule has 0 atom stereocenters. The van der Waals surface area contributed by atoms with Gasteiger partial charge in [0, 0.05) is 68.9 Å². The van der Waals surface area contributed by atoms with Crippen molar-refractivity contribution in [2.24, 2.45) is 0 Å². The molecule has 2 aliphatic heterocycles. The molecule has 0 bridgehead atoms. The largest absolute Gasteiger partial charge is 0.351 e. The molecular formula is C33H38N6O2. The third-order valence-corrected chi connectivity index (χ3v) is 8.65. The minimum atomic E-state index is -0.0352. The fraction of sp³-hybridized carbons (Fsp3) is 0.394. The van der Waals surface area contributed by atoms with Gasteiger partial charge in [-0.2, -0.15) is 4.98 Å². The number of carbonyl (C=O) groups excluding carboxylic acids is 1. The molecule has 0 saturated carbocycles. The first kappa shape index (κ1) is 27.1. The van der Waals surface area contributed by atoms with Crippen LogP contribution < -0.4 is 10.9 Å². The van der Waals surface area contributed by atoms with Crippen molar-refractivity contribution < 1.29 is 4.79 Å². The minimum Gasteiger partial charge on any atom is -0.351 e. The summed E-state index contributed by atoms with van der Waals surface area (Å²) in [7, 11) is 0. The summed E-state index contributed by atoms with van der Waals surface area (Å²) in [6, 6.07) is 20.8. The van der Waals surface area contributed by atoms with Crippen molar-refractivity contribution in [2.75, 3.05) is 31.5 Å². The van der Waals surface area contributed by atoms with Gasteiger partial charge in [-0.05, 0) is 55.4 Å². The molecule has 0 aliphatic carbocycles. The summed E-state index contributed by atoms with van der Waals surface area (Å²) in [5.41, 5.74) is 4.62. The van der Waals surface area contributed by atoms with Gasteiger partial charge in [0.05, 0.1) is 0 Å². The van der Waals surface area contributed by atoms with Crippen molar-refractivity contribution >= 4 is 22.9 Å². The van der Waals surface area contributed by atoms with Crippen LogP contribution in [-0.2, 0) is 11.3 Å². The van der Waals surface area contributed by atoms with E-state index in [1.807, 2.05) is 52.9 Å². The molecule has 4 aromatic rings. The van der Waals surface area contributed by atoms with E-state index in [1.54, 1.807) is 6.92 Å². The Balaban J connectivity index is 1.28. The number of piperidine rings is 2. The van der Waals surface area contributed by atoms with E-state index in [-0.39, 0.29) is 23.6 Å². The van der Waals surface area contributed by atoms with Crippen LogP contribution in [0.5, 0.6) is 0 Å². The van der Waals surface area contributed by atoms with E-state index in [4.69, 9.17) is 9.97 Å². The molecule has 1 N–H and O–H groups in total. The van der Waals surface area contributed by atoms with E-state index < -0.39 is 0 Å². The first-order chi connectivity index (χ1) is 20.0. The quantitative estimate of drug-likeness (QED) is 0.363. The molecule has 2 saturated heterocycles. The number of aryl methyl sites for hydroxylation is 1. The van der Waals surface area contributed by atoms with Gasteiger partial charge >= 0.3 is 0 Å². The average Bonchev–Trinajstić information content (AvgIpc) is 2.99. The van der Waals surface area contributed by atoms with Crippen LogP contribution in [0.15, 0.2) is 71.7 Å². The molecule has 41 heavy (non-hydrogen) atoms. The number of hydrogen-bond acceptors (Lipinski definition) is 6. The topological polar surface area (TPSA) is 83.4 Å². The predicted octanol–water partition coefficient (Wildman–Crippen LogP) is 5.03. The monoisotopic (exact) mass is 550 g/mol. The summed E-state index contributed by atoms with van der Waals surface area (Å²) in [6.45, 7) is 7.92. The third-order valence-electron chi connectivity index (χ3n) is 8.65. The normalized spacial score (nSPS) is 17.2. The number of pyridine rings is 1. The van der Waals surface area contributed by atoms with Crippen molar-refractivity contribution in [1.82, 2.24) is 24.3 Å². The van der Waals surface area contributed by atoms with Gasteiger partial charge in [-0.15, -0.1) is 0 Å². The summed E-state index contributed by atoms with van der Waals surface area (Å²) >= 11 is 0. The number of rotatable bonds is 6. The molecule has 212 valence electrons. The van der Waals surface area contributed by atoms with Gasteiger partial charge in [-0.25, -0.2) is 4.98 Å². The Labute approximate surface area is 241 Å². The zero-order chi connectivity index (χ0) is 28.3. The first-order valence-corrected chi connectivity index (χ1v) is 14.7. The van der Waals surface area contributed by atoms with E-state index in [0.717, 1.165) is 61.8 Å². The zero-order valence-electron chi connectivity index (χ0n) is 23.9. The van der Waals surface area contributed by atoms with Gasteiger partial charge in [0.1, 0.15) is 5.65 Å². The average molecular weight is 551 g/mol. The Hall–Kier alpha value is -4.04. The van der Waals surface area contributed by atoms with Crippen molar-refractivity contribution in [3.8, 4) is 11.1 Å². The molecule has 4 heterocycles. The molecule has 1 amide bonds. The SMILES string of the molecule is CC(=O)N1CCC(n2c(=O)c(-c3ccccc3C)cc3cnc(NC4CCN(Cc5ccccc5)CC4)nc32)CC1. The van der Waals surface area contributed by atoms with Crippen LogP contribution in [0.25, 0.3) is 22.2 Å². The maximum atomic E-state index is 14.1. The van der Waals surface area contributed by atoms with Gasteiger partial charge in [-0.3, -0.25) is 19.1 Å². The van der Waals surface area contributed by atoms with Crippen molar-refractivity contribution in [3.63, 3.8) is 0 Å². The second kappa shape index (κ2) is 11.8. The van der Waals surface area contributed by atoms with E-state index in [9.17, 15) is 9.59 Å². The molecule has 8 heteroatoms. The first-order valence-electron chi connectivity index (χ1n) is 14.7. The van der Waals surface area contributed by atoms with Crippen molar-refractivity contribution in [2.45, 2.75) is 58.2 Å². The van der Waals surface area contributed by atoms with Crippen LogP contribution >= 0.6 is 0 Å². The Morgan fingerprint density at radius 3 is 2.34 bits per heavy atom. The number of amides is 1. The van der Waals surface area contributed by atoms with Crippen LogP contribution in [0.1, 0.15) is 49.8 Å². The number of nitrogens with zero attached hydrogens (tertiary/aromatic N) is 5. The van der Waals surface area contributed by atoms with Gasteiger partial charge in [-0.1, -0.05) is 54.6 Å². The molecule has 0 spiro atoms. The predicted molar refractivity (Wildman–Crippen MR) is 163 cm³/mol. The molecule has 0 radical (unpaired) electrons. The lowest BCUT2D eigenvalue weighted by Gasteiger charge is -2.33. The van der Waals surface area contributed by atoms with Gasteiger partial charge in [0.2, 0.25) is 11.9 Å². The molecule has 2 aliphatic rings. The molecule has 2 fully saturated rings. The second-order valence-electron chi connectivity index (χ2n) is 11.4. The number of anilines is 1. The molecular weight excluding hydrogens is 512 g/mol. The highest BCUT2D eigenvalue weighted by atomic mass is 16.2. The van der Waals surface area contributed by atoms with Crippen LogP contribution in [0.2, 0.25) is 0 Å². The molecule has 2 aromatic heterocycles. The summed E-state index contributed by atoms with van der Waals surface area (Å²) in [6.07, 6.45) is 5.31. The summed E-state index contributed by atoms with van der Waals surface area (Å²) in [5.74, 6) is 0.648. The lowest BCUT2D eigenvalue weighted by Crippen LogP contribution is -2.40. The maximum Gasteiger partial charge on any atom is 0.260 e. The Morgan fingerprint density at radius 2 is 1.63 bits per heavy atom. The number of carbonyl (C=O) groups is 1. The highest BCUT2D eigenvalue weighted by Crippen LogP contribution is 2.29. The lowest BCUT2D eigenvalue weighted by atomic mass is 9.99. The fourth-order valence-electron chi connectivity index (χ4n) is 6.30. The van der Waals surface area contributed by atoms with Crippen molar-refractivity contribution in [3.05, 3.63) is 88.3 Å². The molecule has 6 rings (SSSR count). The van der Waals surface area contributed by atoms with E-state index in [2.05, 4.69) is 40.5 Å². The number of aromatic nitrogens is 3. The number of nitrogens with one attached hydrogen (secondary N) is 1. The van der Waals surface area contributed by atoms with Gasteiger partial charge < -0.3 is 10.2 Å². The standard InChI is InChI=1S/C33H38N6O2/c1-23-8-6-7-11-29(23)30-20-26-21-34-33(35-27-12-16-37(17-13-27)22-25-9-4-3-5-10-25)36-31(26)39(32(30)41)28-14-18-38(19-15-28)24(2)40/h3-11,20-21,27-28H,12-19,22H2,1-2H3,(H,34,35,36). The third kappa shape index (κ3) is 5.88. The van der Waals surface area contributed by atoms with E-state index in [1.165, 1.54) is 5.56 Å². The maximum absolute atomic E-state index is 14.1. The van der Waals surface area contributed by atoms with Gasteiger partial charge in [0.15, 0.2) is 0 Å². The summed E-state index contributed by atoms with van der Waals surface area (Å²) < 4.78 is 1.88. The van der Waals surface area contributed by atoms with Crippen LogP contribution in [0.3, 0.4) is 0 Å². The Kier molecular flexibility index (Phi) is 7.83. The van der Waals surface area contributed by atoms with E-state index in [0.29, 0.717) is 30.2 Å². The van der Waals surface area contributed by atoms with E-state index >= 15 is 0 Å². The highest BCUT2D eigenvalue weighted by molar-refractivity contribution is 5.82. The number of hydrogen-bond donors (Lipinski definition) is 1. The number of likely N-dealkylation sites (tertiary alicyclic amines) is 2. The molecule has 2 aromatic carbocycles. The molecule has 0 unspecified atom stereocenters. The Bertz CT molecular complexity index is 1580. The van der Waals surface area contributed by atoms with Crippen LogP contribution in [-0.4, -0.2) is 62.5 Å². The minimum absolute atomic E-state index is 0.0338. The lowest BCUT2D eigenvalue weighted by molar-refractivity contribution is -0.130. The van der Waals surface area contributed by atoms with Crippen molar-refractivity contribution in [1.29, 1.82) is 0 Å². The van der Waals surface area contributed by atoms with Crippen LogP contribution in [0.4, 0.5) is 5.95 Å². The van der Waals surface area contributed by atoms with Gasteiger partial charge in [0.25, 0.3) is 5.56 Å². The second-order valence-corrected chi connectivity index (χ2v) is 11.4. The highest BCUT2D eigenvalue weighted by Gasteiger charge is 2.27. The smallest absolute Gasteiger partial charge is 0.260 e. The number of benzene rings is 2. The molecule has 8 nitrogen and oxygen atoms in total. The number of fused-ring (bicyclic) bond motifs is 1. The zero-order valence-corrected chi connectivity index (χ0v) is 23.9. The summed E-state index contributed by atoms with van der Waals surface area (Å²) in [4.78, 5) is 40.1. The Morgan fingerprint density at radius 1 is 0.927 bits per heavy atom. The van der Waals surface area contributed by atoms with Crippen LogP contribution in [0, 0.1) is 6.92 Å². The summed E-state index contributed by atoms with van der Waals surface area (Å²) in [5, 5.41) is 4.41. The fourth-order valence-corrected chi connectivity index (χ4v) is 6.30.